The molecule has 0 aliphatic carbocycles. The third kappa shape index (κ3) is 4.26. The molecule has 154 valence electrons. The Hall–Kier alpha value is -3.06. The number of rotatable bonds is 8. The lowest BCUT2D eigenvalue weighted by molar-refractivity contribution is -0.142. The summed E-state index contributed by atoms with van der Waals surface area (Å²) < 4.78 is 5.73. The maximum atomic E-state index is 12.5. The van der Waals surface area contributed by atoms with Crippen molar-refractivity contribution in [2.45, 2.75) is 24.8 Å². The van der Waals surface area contributed by atoms with E-state index in [0.29, 0.717) is 18.6 Å². The van der Waals surface area contributed by atoms with E-state index in [0.717, 1.165) is 16.4 Å². The first-order valence-corrected chi connectivity index (χ1v) is 10.6. The minimum Gasteiger partial charge on any atom is -0.487 e. The first kappa shape index (κ1) is 20.2. The highest BCUT2D eigenvalue weighted by molar-refractivity contribution is 8.15. The van der Waals surface area contributed by atoms with Gasteiger partial charge in [0.15, 0.2) is 6.04 Å². The number of para-hydroxylation sites is 1. The molecule has 2 heterocycles. The fourth-order valence-electron chi connectivity index (χ4n) is 3.51. The van der Waals surface area contributed by atoms with Crippen LogP contribution in [0.2, 0.25) is 0 Å². The van der Waals surface area contributed by atoms with Gasteiger partial charge in [0.1, 0.15) is 22.8 Å². The molecule has 3 atom stereocenters. The summed E-state index contributed by atoms with van der Waals surface area (Å²) in [5.41, 5.74) is 1.59. The molecule has 1 fully saturated rings. The minimum atomic E-state index is -0.899. The monoisotopic (exact) mass is 422 g/mol. The molecule has 0 aromatic heterocycles. The summed E-state index contributed by atoms with van der Waals surface area (Å²) in [5.74, 6) is -0.938. The number of ether oxygens (including phenoxy) is 1. The Kier molecular flexibility index (Phi) is 5.90. The molecule has 6 nitrogen and oxygen atoms in total. The smallest absolute Gasteiger partial charge is 0.311 e. The molecule has 0 radical (unpaired) electrons. The van der Waals surface area contributed by atoms with E-state index in [-0.39, 0.29) is 11.3 Å². The van der Waals surface area contributed by atoms with Gasteiger partial charge in [0, 0.05) is 6.20 Å². The molecular weight excluding hydrogens is 400 g/mol. The number of hydrogen-bond donors (Lipinski definition) is 1. The Balaban J connectivity index is 1.40. The lowest BCUT2D eigenvalue weighted by Crippen LogP contribution is -2.58. The second-order valence-corrected chi connectivity index (χ2v) is 8.47. The number of amides is 1. The quantitative estimate of drug-likeness (QED) is 0.658. The second kappa shape index (κ2) is 8.75. The number of thioether (sulfide) groups is 1. The molecule has 2 aromatic rings. The van der Waals surface area contributed by atoms with Crippen LogP contribution in [0.15, 0.2) is 77.4 Å². The highest BCUT2D eigenvalue weighted by Gasteiger charge is 2.51. The zero-order valence-corrected chi connectivity index (χ0v) is 17.3. The van der Waals surface area contributed by atoms with E-state index in [2.05, 4.69) is 4.99 Å². The van der Waals surface area contributed by atoms with Crippen molar-refractivity contribution >= 4 is 28.7 Å². The lowest BCUT2D eigenvalue weighted by atomic mass is 9.92. The molecule has 30 heavy (non-hydrogen) atoms. The number of carboxylic acid groups (broad SMARTS) is 1. The number of fused-ring (bicyclic) bond motifs is 1. The summed E-state index contributed by atoms with van der Waals surface area (Å²) in [6.07, 6.45) is 2.06. The van der Waals surface area contributed by atoms with Crippen molar-refractivity contribution in [2.24, 2.45) is 10.9 Å². The van der Waals surface area contributed by atoms with Crippen LogP contribution in [-0.2, 0) is 16.0 Å². The summed E-state index contributed by atoms with van der Waals surface area (Å²) in [4.78, 5) is 30.4. The van der Waals surface area contributed by atoms with E-state index in [1.165, 1.54) is 11.8 Å². The highest BCUT2D eigenvalue weighted by Crippen LogP contribution is 2.40. The molecule has 1 N–H and O–H groups in total. The molecule has 2 aliphatic rings. The first-order chi connectivity index (χ1) is 14.5. The van der Waals surface area contributed by atoms with Gasteiger partial charge in [-0.3, -0.25) is 14.6 Å². The maximum Gasteiger partial charge on any atom is 0.311 e. The zero-order valence-electron chi connectivity index (χ0n) is 16.5. The molecule has 7 heteroatoms. The number of aliphatic imine (C=N–C) groups is 1. The predicted molar refractivity (Wildman–Crippen MR) is 116 cm³/mol. The van der Waals surface area contributed by atoms with Gasteiger partial charge in [-0.25, -0.2) is 0 Å². The Morgan fingerprint density at radius 2 is 1.87 bits per heavy atom. The van der Waals surface area contributed by atoms with E-state index in [9.17, 15) is 14.7 Å². The number of carboxylic acids is 1. The van der Waals surface area contributed by atoms with Gasteiger partial charge in [-0.05, 0) is 36.6 Å². The van der Waals surface area contributed by atoms with Crippen LogP contribution in [0.5, 0.6) is 5.75 Å². The molecule has 3 unspecified atom stereocenters. The van der Waals surface area contributed by atoms with Crippen molar-refractivity contribution in [2.75, 3.05) is 6.61 Å². The second-order valence-electron chi connectivity index (χ2n) is 7.28. The standard InChI is InChI=1S/C23H22N2O4S/c1-15(18(23(27)28)12-16-8-4-2-5-9-16)13-25-21(26)20-22(25)30-19(24-20)14-29-17-10-6-3-7-11-17/h2-11,13,18,20,22H,12,14H2,1H3,(H,27,28)/b15-13+. The van der Waals surface area contributed by atoms with Crippen molar-refractivity contribution < 1.29 is 19.4 Å². The van der Waals surface area contributed by atoms with Crippen LogP contribution in [0.25, 0.3) is 0 Å². The van der Waals surface area contributed by atoms with Crippen molar-refractivity contribution in [1.82, 2.24) is 4.90 Å². The topological polar surface area (TPSA) is 79.2 Å². The lowest BCUT2D eigenvalue weighted by Gasteiger charge is -2.39. The zero-order chi connectivity index (χ0) is 21.1. The van der Waals surface area contributed by atoms with Gasteiger partial charge in [-0.1, -0.05) is 60.3 Å². The summed E-state index contributed by atoms with van der Waals surface area (Å²) in [6.45, 7) is 2.08. The third-order valence-corrected chi connectivity index (χ3v) is 6.39. The molecule has 1 saturated heterocycles. The van der Waals surface area contributed by atoms with Gasteiger partial charge < -0.3 is 14.7 Å². The van der Waals surface area contributed by atoms with Gasteiger partial charge >= 0.3 is 5.97 Å². The van der Waals surface area contributed by atoms with Gasteiger partial charge in [0.2, 0.25) is 0 Å². The largest absolute Gasteiger partial charge is 0.487 e. The van der Waals surface area contributed by atoms with Crippen LogP contribution >= 0.6 is 11.8 Å². The number of carbonyl (C=O) groups excluding carboxylic acids is 1. The maximum absolute atomic E-state index is 12.5. The van der Waals surface area contributed by atoms with Gasteiger partial charge in [-0.2, -0.15) is 0 Å². The number of nitrogens with zero attached hydrogens (tertiary/aromatic N) is 2. The number of β-lactam (4-membered cyclic amide) rings is 1. The van der Waals surface area contributed by atoms with Crippen LogP contribution in [0, 0.1) is 5.92 Å². The van der Waals surface area contributed by atoms with Gasteiger partial charge in [0.05, 0.1) is 5.92 Å². The summed E-state index contributed by atoms with van der Waals surface area (Å²) >= 11 is 1.50. The van der Waals surface area contributed by atoms with Crippen molar-refractivity contribution in [3.63, 3.8) is 0 Å². The average Bonchev–Trinajstić information content (AvgIpc) is 3.15. The van der Waals surface area contributed by atoms with Crippen molar-refractivity contribution in [3.8, 4) is 5.75 Å². The van der Waals surface area contributed by atoms with E-state index in [4.69, 9.17) is 4.74 Å². The van der Waals surface area contributed by atoms with E-state index in [1.54, 1.807) is 18.0 Å². The van der Waals surface area contributed by atoms with Crippen molar-refractivity contribution in [1.29, 1.82) is 0 Å². The van der Waals surface area contributed by atoms with Gasteiger partial charge in [-0.15, -0.1) is 0 Å². The molecule has 0 saturated carbocycles. The summed E-state index contributed by atoms with van der Waals surface area (Å²) in [7, 11) is 0. The first-order valence-electron chi connectivity index (χ1n) is 9.71. The third-order valence-electron chi connectivity index (χ3n) is 5.17. The molecule has 1 amide bonds. The number of likely N-dealkylation sites (tertiary alicyclic amines) is 1. The van der Waals surface area contributed by atoms with Crippen LogP contribution in [0.3, 0.4) is 0 Å². The van der Waals surface area contributed by atoms with E-state index in [1.807, 2.05) is 60.7 Å². The molecule has 4 rings (SSSR count). The minimum absolute atomic E-state index is 0.106. The van der Waals surface area contributed by atoms with Crippen LogP contribution in [0.4, 0.5) is 0 Å². The predicted octanol–water partition coefficient (Wildman–Crippen LogP) is 3.59. The average molecular weight is 423 g/mol. The number of benzene rings is 2. The fraction of sp³-hybridized carbons (Fsp3) is 0.261. The highest BCUT2D eigenvalue weighted by atomic mass is 32.2. The normalized spacial score (nSPS) is 21.5. The molecule has 0 bridgehead atoms. The van der Waals surface area contributed by atoms with Crippen LogP contribution < -0.4 is 4.74 Å². The van der Waals surface area contributed by atoms with Crippen LogP contribution in [0.1, 0.15) is 12.5 Å². The van der Waals surface area contributed by atoms with Gasteiger partial charge in [0.25, 0.3) is 5.91 Å². The summed E-state index contributed by atoms with van der Waals surface area (Å²) in [5, 5.41) is 10.3. The number of aliphatic carboxylic acids is 1. The fourth-order valence-corrected chi connectivity index (χ4v) is 4.67. The number of carbonyl (C=O) groups is 2. The van der Waals surface area contributed by atoms with E-state index < -0.39 is 17.9 Å². The number of hydrogen-bond acceptors (Lipinski definition) is 5. The van der Waals surface area contributed by atoms with Crippen molar-refractivity contribution in [3.05, 3.63) is 78.0 Å². The van der Waals surface area contributed by atoms with Crippen LogP contribution in [-0.4, -0.2) is 44.9 Å². The Labute approximate surface area is 179 Å². The molecule has 0 spiro atoms. The van der Waals surface area contributed by atoms with E-state index >= 15 is 0 Å². The summed E-state index contributed by atoms with van der Waals surface area (Å²) in [6, 6.07) is 18.6. The molecule has 2 aliphatic heterocycles. The Morgan fingerprint density at radius 3 is 2.53 bits per heavy atom. The SMILES string of the molecule is C/C(=C\N1C(=O)C2N=C(COc3ccccc3)SC21)C(Cc1ccccc1)C(=O)O. The molecular formula is C23H22N2O4S. The Bertz CT molecular complexity index is 991. The Morgan fingerprint density at radius 1 is 1.20 bits per heavy atom. The molecule has 2 aromatic carbocycles.